The van der Waals surface area contributed by atoms with Crippen molar-refractivity contribution in [3.8, 4) is 11.5 Å². The van der Waals surface area contributed by atoms with Crippen molar-refractivity contribution in [1.82, 2.24) is 20.0 Å². The Balaban J connectivity index is 1.28. The number of rotatable bonds is 5. The van der Waals surface area contributed by atoms with Gasteiger partial charge in [0.15, 0.2) is 22.9 Å². The lowest BCUT2D eigenvalue weighted by Gasteiger charge is -2.03. The molecule has 0 bridgehead atoms. The minimum atomic E-state index is -0.533. The van der Waals surface area contributed by atoms with Crippen LogP contribution in [0.1, 0.15) is 27.6 Å². The van der Waals surface area contributed by atoms with Crippen molar-refractivity contribution < 1.29 is 23.2 Å². The van der Waals surface area contributed by atoms with Crippen LogP contribution in [0.5, 0.6) is 11.5 Å². The van der Waals surface area contributed by atoms with Gasteiger partial charge < -0.3 is 23.7 Å². The molecule has 2 aromatic carbocycles. The average molecular weight is 408 g/mol. The van der Waals surface area contributed by atoms with Crippen molar-refractivity contribution >= 4 is 17.0 Å². The number of carbonyl (C=O) groups excluding carboxylic acids is 1. The Bertz CT molecular complexity index is 1320. The molecule has 4 aromatic rings. The molecule has 0 fully saturated rings. The maximum absolute atomic E-state index is 12.3. The molecule has 1 aliphatic heterocycles. The molecule has 1 aliphatic rings. The molecule has 3 heterocycles. The summed E-state index contributed by atoms with van der Waals surface area (Å²) in [7, 11) is 0. The normalized spacial score (nSPS) is 12.4. The van der Waals surface area contributed by atoms with E-state index in [1.54, 1.807) is 18.2 Å². The van der Waals surface area contributed by atoms with Crippen molar-refractivity contribution in [2.45, 2.75) is 20.0 Å². The third kappa shape index (κ3) is 3.28. The highest BCUT2D eigenvalue weighted by atomic mass is 16.7. The number of fused-ring (bicyclic) bond motifs is 2. The van der Waals surface area contributed by atoms with Crippen LogP contribution in [0.3, 0.4) is 0 Å². The summed E-state index contributed by atoms with van der Waals surface area (Å²) in [6.45, 7) is 2.37. The summed E-state index contributed by atoms with van der Waals surface area (Å²) in [5.74, 6) is 0.247. The summed E-state index contributed by atoms with van der Waals surface area (Å²) in [5, 5.41) is 6.51. The van der Waals surface area contributed by atoms with Crippen LogP contribution >= 0.6 is 0 Å². The van der Waals surface area contributed by atoms with Gasteiger partial charge in [0.2, 0.25) is 6.79 Å². The fraction of sp³-hybridized carbons (Fsp3) is 0.200. The lowest BCUT2D eigenvalue weighted by molar-refractivity contribution is 0.0907. The first-order valence-corrected chi connectivity index (χ1v) is 9.16. The second-order valence-corrected chi connectivity index (χ2v) is 6.81. The summed E-state index contributed by atoms with van der Waals surface area (Å²) in [4.78, 5) is 28.6. The first-order chi connectivity index (χ1) is 14.6. The number of hydrogen-bond donors (Lipinski definition) is 1. The highest BCUT2D eigenvalue weighted by Gasteiger charge is 2.18. The fourth-order valence-corrected chi connectivity index (χ4v) is 3.18. The number of ether oxygens (including phenoxy) is 2. The average Bonchev–Trinajstić information content (AvgIpc) is 3.46. The quantitative estimate of drug-likeness (QED) is 0.532. The van der Waals surface area contributed by atoms with E-state index in [-0.39, 0.29) is 31.6 Å². The number of aromatic nitrogens is 3. The van der Waals surface area contributed by atoms with Gasteiger partial charge in [0.1, 0.15) is 0 Å². The minimum Gasteiger partial charge on any atom is -0.454 e. The standard InChI is InChI=1S/C20H16N4O6/c1-11-2-4-14-13(6-11)24(20(26)29-14)9-17-22-19(30-23-17)18(25)21-8-12-3-5-15-16(7-12)28-10-27-15/h2-7H,8-10H2,1H3,(H,21,25). The number of amides is 1. The summed E-state index contributed by atoms with van der Waals surface area (Å²) in [6, 6.07) is 10.8. The van der Waals surface area contributed by atoms with Crippen LogP contribution in [-0.4, -0.2) is 27.4 Å². The molecule has 5 rings (SSSR count). The van der Waals surface area contributed by atoms with E-state index in [9.17, 15) is 9.59 Å². The molecule has 10 nitrogen and oxygen atoms in total. The van der Waals surface area contributed by atoms with Crippen LogP contribution in [-0.2, 0) is 13.1 Å². The summed E-state index contributed by atoms with van der Waals surface area (Å²) < 4.78 is 22.2. The van der Waals surface area contributed by atoms with E-state index in [4.69, 9.17) is 18.4 Å². The molecule has 0 aliphatic carbocycles. The van der Waals surface area contributed by atoms with Crippen LogP contribution in [0.2, 0.25) is 0 Å². The molecule has 10 heteroatoms. The number of nitrogens with one attached hydrogen (secondary N) is 1. The van der Waals surface area contributed by atoms with Gasteiger partial charge in [-0.25, -0.2) is 4.79 Å². The van der Waals surface area contributed by atoms with Crippen molar-refractivity contribution in [2.75, 3.05) is 6.79 Å². The summed E-state index contributed by atoms with van der Waals surface area (Å²) in [5.41, 5.74) is 2.90. The van der Waals surface area contributed by atoms with E-state index in [1.165, 1.54) is 4.57 Å². The van der Waals surface area contributed by atoms with Gasteiger partial charge in [-0.15, -0.1) is 0 Å². The van der Waals surface area contributed by atoms with Gasteiger partial charge in [-0.2, -0.15) is 4.98 Å². The second-order valence-electron chi connectivity index (χ2n) is 6.81. The van der Waals surface area contributed by atoms with Gasteiger partial charge in [0, 0.05) is 6.54 Å². The van der Waals surface area contributed by atoms with Gasteiger partial charge >= 0.3 is 17.6 Å². The maximum Gasteiger partial charge on any atom is 0.420 e. The second kappa shape index (κ2) is 7.07. The number of benzene rings is 2. The lowest BCUT2D eigenvalue weighted by Crippen LogP contribution is -2.23. The van der Waals surface area contributed by atoms with Crippen molar-refractivity contribution in [3.05, 3.63) is 69.8 Å². The molecule has 0 atom stereocenters. The topological polar surface area (TPSA) is 122 Å². The largest absolute Gasteiger partial charge is 0.454 e. The van der Waals surface area contributed by atoms with Crippen molar-refractivity contribution in [3.63, 3.8) is 0 Å². The smallest absolute Gasteiger partial charge is 0.420 e. The van der Waals surface area contributed by atoms with Crippen LogP contribution < -0.4 is 20.5 Å². The van der Waals surface area contributed by atoms with Crippen LogP contribution in [0.25, 0.3) is 11.1 Å². The highest BCUT2D eigenvalue weighted by molar-refractivity contribution is 5.89. The molecule has 0 spiro atoms. The molecule has 2 aromatic heterocycles. The Kier molecular flexibility index (Phi) is 4.24. The van der Waals surface area contributed by atoms with Gasteiger partial charge in [0.05, 0.1) is 12.1 Å². The molecule has 0 unspecified atom stereocenters. The highest BCUT2D eigenvalue weighted by Crippen LogP contribution is 2.32. The first kappa shape index (κ1) is 18.0. The molecule has 152 valence electrons. The van der Waals surface area contributed by atoms with E-state index < -0.39 is 11.7 Å². The van der Waals surface area contributed by atoms with Gasteiger partial charge in [-0.3, -0.25) is 9.36 Å². The minimum absolute atomic E-state index is 0.0221. The Morgan fingerprint density at radius 1 is 1.17 bits per heavy atom. The zero-order chi connectivity index (χ0) is 20.7. The van der Waals surface area contributed by atoms with E-state index in [0.717, 1.165) is 11.1 Å². The molecule has 30 heavy (non-hydrogen) atoms. The zero-order valence-corrected chi connectivity index (χ0v) is 15.9. The molecule has 0 radical (unpaired) electrons. The number of hydrogen-bond acceptors (Lipinski definition) is 8. The van der Waals surface area contributed by atoms with E-state index in [2.05, 4.69) is 15.5 Å². The monoisotopic (exact) mass is 408 g/mol. The summed E-state index contributed by atoms with van der Waals surface area (Å²) >= 11 is 0. The molecular weight excluding hydrogens is 392 g/mol. The van der Waals surface area contributed by atoms with E-state index in [1.807, 2.05) is 25.1 Å². The van der Waals surface area contributed by atoms with Crippen LogP contribution in [0.15, 0.2) is 50.1 Å². The maximum atomic E-state index is 12.3. The number of aryl methyl sites for hydroxylation is 1. The molecular formula is C20H16N4O6. The third-order valence-corrected chi connectivity index (χ3v) is 4.67. The lowest BCUT2D eigenvalue weighted by atomic mass is 10.2. The number of carbonyl (C=O) groups is 1. The molecule has 1 N–H and O–H groups in total. The Labute approximate surface area is 169 Å². The van der Waals surface area contributed by atoms with E-state index >= 15 is 0 Å². The first-order valence-electron chi connectivity index (χ1n) is 9.16. The van der Waals surface area contributed by atoms with Gasteiger partial charge in [-0.05, 0) is 42.3 Å². The zero-order valence-electron chi connectivity index (χ0n) is 15.9. The summed E-state index contributed by atoms with van der Waals surface area (Å²) in [6.07, 6.45) is 0. The Morgan fingerprint density at radius 3 is 2.93 bits per heavy atom. The van der Waals surface area contributed by atoms with Gasteiger partial charge in [-0.1, -0.05) is 17.3 Å². The Hall–Kier alpha value is -4.08. The predicted molar refractivity (Wildman–Crippen MR) is 102 cm³/mol. The van der Waals surface area contributed by atoms with Crippen molar-refractivity contribution in [2.24, 2.45) is 0 Å². The van der Waals surface area contributed by atoms with Crippen LogP contribution in [0.4, 0.5) is 0 Å². The molecule has 0 saturated carbocycles. The van der Waals surface area contributed by atoms with Gasteiger partial charge in [0.25, 0.3) is 0 Å². The number of oxazole rings is 1. The fourth-order valence-electron chi connectivity index (χ4n) is 3.18. The molecule has 1 amide bonds. The molecule has 0 saturated heterocycles. The van der Waals surface area contributed by atoms with E-state index in [0.29, 0.717) is 22.6 Å². The van der Waals surface area contributed by atoms with Crippen molar-refractivity contribution in [1.29, 1.82) is 0 Å². The number of nitrogens with zero attached hydrogens (tertiary/aromatic N) is 3. The Morgan fingerprint density at radius 2 is 2.03 bits per heavy atom. The van der Waals surface area contributed by atoms with Crippen LogP contribution in [0, 0.1) is 6.92 Å². The predicted octanol–water partition coefficient (Wildman–Crippen LogP) is 1.99. The third-order valence-electron chi connectivity index (χ3n) is 4.67. The SMILES string of the molecule is Cc1ccc2oc(=O)n(Cc3noc(C(=O)NCc4ccc5c(c4)OCO5)n3)c2c1.